The summed E-state index contributed by atoms with van der Waals surface area (Å²) in [6.07, 6.45) is 0.0373. The van der Waals surface area contributed by atoms with Crippen LogP contribution in [0.4, 0.5) is 5.69 Å². The van der Waals surface area contributed by atoms with E-state index in [2.05, 4.69) is 0 Å². The van der Waals surface area contributed by atoms with Crippen LogP contribution in [0.1, 0.15) is 5.56 Å². The molecule has 1 aliphatic rings. The van der Waals surface area contributed by atoms with Gasteiger partial charge in [-0.2, -0.15) is 5.26 Å². The molecule has 0 saturated carbocycles. The summed E-state index contributed by atoms with van der Waals surface area (Å²) in [7, 11) is 0. The third-order valence-electron chi connectivity index (χ3n) is 2.11. The average molecular weight is 220 g/mol. The van der Waals surface area contributed by atoms with Gasteiger partial charge in [0.25, 0.3) is 0 Å². The number of ether oxygens (including phenoxy) is 2. The van der Waals surface area contributed by atoms with Crippen LogP contribution in [-0.2, 0) is 4.74 Å². The van der Waals surface area contributed by atoms with E-state index in [4.69, 9.17) is 14.7 Å². The van der Waals surface area contributed by atoms with Crippen LogP contribution < -0.4 is 4.74 Å². The molecular formula is C10H8N2O4. The van der Waals surface area contributed by atoms with Crippen LogP contribution in [0.25, 0.3) is 0 Å². The zero-order valence-corrected chi connectivity index (χ0v) is 8.25. The Bertz CT molecular complexity index is 462. The number of nitrogens with zero attached hydrogens (tertiary/aromatic N) is 2. The van der Waals surface area contributed by atoms with Crippen molar-refractivity contribution in [2.75, 3.05) is 13.2 Å². The van der Waals surface area contributed by atoms with E-state index in [9.17, 15) is 10.1 Å². The summed E-state index contributed by atoms with van der Waals surface area (Å²) in [5.41, 5.74) is 0.0430. The highest BCUT2D eigenvalue weighted by Gasteiger charge is 2.25. The van der Waals surface area contributed by atoms with Crippen LogP contribution in [0.5, 0.6) is 5.75 Å². The first-order chi connectivity index (χ1) is 7.70. The number of nitriles is 1. The van der Waals surface area contributed by atoms with Gasteiger partial charge in [0.2, 0.25) is 0 Å². The fourth-order valence-corrected chi connectivity index (χ4v) is 1.20. The van der Waals surface area contributed by atoms with Crippen LogP contribution in [0.2, 0.25) is 0 Å². The fraction of sp³-hybridized carbons (Fsp3) is 0.300. The molecule has 6 heteroatoms. The molecule has 0 N–H and O–H groups in total. The normalized spacial score (nSPS) is 17.6. The Labute approximate surface area is 91.2 Å². The van der Waals surface area contributed by atoms with Gasteiger partial charge in [-0.25, -0.2) is 0 Å². The molecule has 2 rings (SSSR count). The quantitative estimate of drug-likeness (QED) is 0.432. The van der Waals surface area contributed by atoms with E-state index in [1.54, 1.807) is 0 Å². The molecule has 0 aliphatic carbocycles. The predicted molar refractivity (Wildman–Crippen MR) is 53.0 cm³/mol. The molecule has 1 aliphatic heterocycles. The van der Waals surface area contributed by atoms with E-state index in [0.717, 1.165) is 0 Å². The van der Waals surface area contributed by atoms with Crippen LogP contribution in [0.3, 0.4) is 0 Å². The largest absolute Gasteiger partial charge is 0.484 e. The predicted octanol–water partition coefficient (Wildman–Crippen LogP) is 1.24. The number of epoxide rings is 1. The van der Waals surface area contributed by atoms with Crippen molar-refractivity contribution in [2.24, 2.45) is 0 Å². The molecule has 0 radical (unpaired) electrons. The van der Waals surface area contributed by atoms with Crippen molar-refractivity contribution in [3.05, 3.63) is 33.9 Å². The van der Waals surface area contributed by atoms with E-state index < -0.39 is 4.92 Å². The minimum absolute atomic E-state index is 0.0373. The Kier molecular flexibility index (Phi) is 2.70. The van der Waals surface area contributed by atoms with Crippen molar-refractivity contribution in [2.45, 2.75) is 6.10 Å². The summed E-state index contributed by atoms with van der Waals surface area (Å²) in [6.45, 7) is 0.927. The van der Waals surface area contributed by atoms with Crippen molar-refractivity contribution < 1.29 is 14.4 Å². The van der Waals surface area contributed by atoms with Gasteiger partial charge < -0.3 is 9.47 Å². The molecule has 1 aromatic rings. The fourth-order valence-electron chi connectivity index (χ4n) is 1.20. The minimum Gasteiger partial charge on any atom is -0.484 e. The zero-order valence-electron chi connectivity index (χ0n) is 8.25. The van der Waals surface area contributed by atoms with Crippen molar-refractivity contribution >= 4 is 5.69 Å². The highest BCUT2D eigenvalue weighted by atomic mass is 16.6. The van der Waals surface area contributed by atoms with Gasteiger partial charge in [0, 0.05) is 6.07 Å². The number of hydrogen-bond acceptors (Lipinski definition) is 5. The van der Waals surface area contributed by atoms with Crippen LogP contribution >= 0.6 is 0 Å². The Morgan fingerprint density at radius 1 is 1.69 bits per heavy atom. The lowest BCUT2D eigenvalue weighted by Gasteiger charge is -2.04. The van der Waals surface area contributed by atoms with E-state index >= 15 is 0 Å². The summed E-state index contributed by atoms with van der Waals surface area (Å²) < 4.78 is 10.2. The Hall–Kier alpha value is -2.13. The van der Waals surface area contributed by atoms with E-state index in [1.165, 1.54) is 18.2 Å². The maximum atomic E-state index is 10.7. The van der Waals surface area contributed by atoms with Crippen molar-refractivity contribution in [3.63, 3.8) is 0 Å². The summed E-state index contributed by atoms with van der Waals surface area (Å²) in [5.74, 6) is 0.166. The summed E-state index contributed by atoms with van der Waals surface area (Å²) in [4.78, 5) is 10.2. The van der Waals surface area contributed by atoms with E-state index in [0.29, 0.717) is 13.2 Å². The molecule has 1 heterocycles. The van der Waals surface area contributed by atoms with Crippen molar-refractivity contribution in [3.8, 4) is 11.8 Å². The first-order valence-electron chi connectivity index (χ1n) is 4.63. The van der Waals surface area contributed by atoms with Crippen LogP contribution in [0, 0.1) is 21.4 Å². The molecule has 1 atom stereocenters. The minimum atomic E-state index is -0.566. The Morgan fingerprint density at radius 2 is 2.44 bits per heavy atom. The van der Waals surface area contributed by atoms with Crippen molar-refractivity contribution in [1.82, 2.24) is 0 Å². The molecule has 0 bridgehead atoms. The molecule has 0 aromatic heterocycles. The number of benzene rings is 1. The van der Waals surface area contributed by atoms with Crippen LogP contribution in [-0.4, -0.2) is 24.2 Å². The van der Waals surface area contributed by atoms with Gasteiger partial charge in [0.1, 0.15) is 12.7 Å². The van der Waals surface area contributed by atoms with Gasteiger partial charge in [0.15, 0.2) is 5.75 Å². The smallest absolute Gasteiger partial charge is 0.312 e. The van der Waals surface area contributed by atoms with Crippen molar-refractivity contribution in [1.29, 1.82) is 5.26 Å². The van der Waals surface area contributed by atoms with Crippen LogP contribution in [0.15, 0.2) is 18.2 Å². The molecule has 1 fully saturated rings. The van der Waals surface area contributed by atoms with E-state index in [-0.39, 0.29) is 23.1 Å². The molecular weight excluding hydrogens is 212 g/mol. The molecule has 6 nitrogen and oxygen atoms in total. The standard InChI is InChI=1S/C10H8N2O4/c11-4-7-1-2-10(9(3-7)12(13)14)16-6-8-5-15-8/h1-3,8H,5-6H2. The van der Waals surface area contributed by atoms with Gasteiger partial charge in [0.05, 0.1) is 23.2 Å². The second kappa shape index (κ2) is 4.16. The third kappa shape index (κ3) is 2.27. The Morgan fingerprint density at radius 3 is 3.00 bits per heavy atom. The van der Waals surface area contributed by atoms with Gasteiger partial charge in [-0.1, -0.05) is 0 Å². The molecule has 1 unspecified atom stereocenters. The number of nitro groups is 1. The third-order valence-corrected chi connectivity index (χ3v) is 2.11. The molecule has 1 aromatic carbocycles. The number of rotatable bonds is 4. The molecule has 0 spiro atoms. The molecule has 16 heavy (non-hydrogen) atoms. The summed E-state index contributed by atoms with van der Waals surface area (Å²) in [6, 6.07) is 5.95. The number of hydrogen-bond donors (Lipinski definition) is 0. The van der Waals surface area contributed by atoms with Gasteiger partial charge in [-0.05, 0) is 12.1 Å². The maximum absolute atomic E-state index is 10.7. The topological polar surface area (TPSA) is 88.7 Å². The highest BCUT2D eigenvalue weighted by molar-refractivity contribution is 5.51. The zero-order chi connectivity index (χ0) is 11.5. The Balaban J connectivity index is 2.21. The van der Waals surface area contributed by atoms with Gasteiger partial charge in [-0.3, -0.25) is 10.1 Å². The first kappa shape index (κ1) is 10.4. The lowest BCUT2D eigenvalue weighted by Crippen LogP contribution is -2.05. The second-order valence-electron chi connectivity index (χ2n) is 3.32. The molecule has 0 amide bonds. The van der Waals surface area contributed by atoms with Gasteiger partial charge >= 0.3 is 5.69 Å². The lowest BCUT2D eigenvalue weighted by molar-refractivity contribution is -0.385. The monoisotopic (exact) mass is 220 g/mol. The summed E-state index contributed by atoms with van der Waals surface area (Å²) in [5, 5.41) is 19.4. The maximum Gasteiger partial charge on any atom is 0.312 e. The molecule has 1 saturated heterocycles. The van der Waals surface area contributed by atoms with Gasteiger partial charge in [-0.15, -0.1) is 0 Å². The number of nitro benzene ring substituents is 1. The second-order valence-corrected chi connectivity index (χ2v) is 3.32. The molecule has 82 valence electrons. The lowest BCUT2D eigenvalue weighted by atomic mass is 10.2. The summed E-state index contributed by atoms with van der Waals surface area (Å²) >= 11 is 0. The first-order valence-corrected chi connectivity index (χ1v) is 4.63. The average Bonchev–Trinajstić information content (AvgIpc) is 3.09. The van der Waals surface area contributed by atoms with E-state index in [1.807, 2.05) is 6.07 Å². The SMILES string of the molecule is N#Cc1ccc(OCC2CO2)c([N+](=O)[O-])c1. The highest BCUT2D eigenvalue weighted by Crippen LogP contribution is 2.28.